The highest BCUT2D eigenvalue weighted by molar-refractivity contribution is 5.87. The maximum Gasteiger partial charge on any atom is 0.331 e. The van der Waals surface area contributed by atoms with Crippen LogP contribution in [0.1, 0.15) is 99.3 Å². The Labute approximate surface area is 334 Å². The number of aliphatic hydroxyl groups is 4. The van der Waals surface area contributed by atoms with Gasteiger partial charge in [0, 0.05) is 74.2 Å². The first-order valence-corrected chi connectivity index (χ1v) is 19.9. The summed E-state index contributed by atoms with van der Waals surface area (Å²) < 4.78 is 43.0. The van der Waals surface area contributed by atoms with Crippen molar-refractivity contribution in [1.29, 1.82) is 0 Å². The van der Waals surface area contributed by atoms with E-state index in [1.165, 1.54) is 32.3 Å². The molecule has 0 aromatic heterocycles. The summed E-state index contributed by atoms with van der Waals surface area (Å²) in [4.78, 5) is 52.9. The maximum absolute atomic E-state index is 13.4. The molecule has 4 N–H and O–H groups in total. The van der Waals surface area contributed by atoms with Crippen LogP contribution in [0.4, 0.5) is 0 Å². The Kier molecular flexibility index (Phi) is 14.1. The van der Waals surface area contributed by atoms with Gasteiger partial charge in [-0.25, -0.2) is 9.59 Å². The summed E-state index contributed by atoms with van der Waals surface area (Å²) in [5.74, 6) is -6.38. The second-order valence-electron chi connectivity index (χ2n) is 17.0. The number of carbonyl (C=O) groups is 4. The van der Waals surface area contributed by atoms with E-state index in [2.05, 4.69) is 0 Å². The van der Waals surface area contributed by atoms with Gasteiger partial charge in [-0.2, -0.15) is 0 Å². The number of methoxy groups -OCH3 is 1. The van der Waals surface area contributed by atoms with E-state index in [-0.39, 0.29) is 49.9 Å². The fourth-order valence-corrected chi connectivity index (χ4v) is 8.40. The van der Waals surface area contributed by atoms with Crippen LogP contribution in [0.2, 0.25) is 0 Å². The minimum absolute atomic E-state index is 0.0123. The van der Waals surface area contributed by atoms with Crippen molar-refractivity contribution in [3.8, 4) is 0 Å². The zero-order valence-electron chi connectivity index (χ0n) is 34.0. The van der Waals surface area contributed by atoms with E-state index in [1.807, 2.05) is 13.0 Å². The van der Waals surface area contributed by atoms with Gasteiger partial charge in [-0.15, -0.1) is 0 Å². The molecule has 0 saturated carbocycles. The van der Waals surface area contributed by atoms with Crippen molar-refractivity contribution >= 4 is 23.7 Å². The van der Waals surface area contributed by atoms with Crippen LogP contribution in [0.25, 0.3) is 0 Å². The number of esters is 3. The summed E-state index contributed by atoms with van der Waals surface area (Å²) in [6.45, 7) is 10.2. The quantitative estimate of drug-likeness (QED) is 0.0957. The molecular weight excluding hydrogens is 744 g/mol. The fourth-order valence-electron chi connectivity index (χ4n) is 8.40. The number of allylic oxidation sites excluding steroid dienone is 3. The van der Waals surface area contributed by atoms with Crippen molar-refractivity contribution in [1.82, 2.24) is 0 Å². The van der Waals surface area contributed by atoms with Gasteiger partial charge in [-0.1, -0.05) is 71.4 Å². The molecule has 5 aliphatic heterocycles. The summed E-state index contributed by atoms with van der Waals surface area (Å²) in [6.07, 6.45) is 0.713. The number of unbranched alkanes of at least 4 members (excludes halogenated alkanes) is 1. The number of ketones is 1. The topological polar surface area (TPSA) is 214 Å². The molecule has 5 rings (SSSR count). The third kappa shape index (κ3) is 9.79. The van der Waals surface area contributed by atoms with E-state index < -0.39 is 108 Å². The molecule has 0 spiro atoms. The number of Topliss-reactive ketones (excluding diaryl/α,β-unsaturated/α-hetero) is 1. The number of rotatable bonds is 7. The molecule has 6 bridgehead atoms. The first-order chi connectivity index (χ1) is 26.7. The fraction of sp³-hybridized carbons (Fsp3) is 0.714. The highest BCUT2D eigenvalue weighted by Gasteiger charge is 2.64. The van der Waals surface area contributed by atoms with Gasteiger partial charge in [-0.3, -0.25) is 9.59 Å². The Morgan fingerprint density at radius 1 is 1.00 bits per heavy atom. The van der Waals surface area contributed by atoms with Crippen LogP contribution in [0.5, 0.6) is 0 Å². The van der Waals surface area contributed by atoms with E-state index in [4.69, 9.17) is 33.2 Å². The Balaban J connectivity index is 1.58. The Morgan fingerprint density at radius 2 is 1.74 bits per heavy atom. The van der Waals surface area contributed by atoms with Gasteiger partial charge in [0.15, 0.2) is 18.0 Å². The lowest BCUT2D eigenvalue weighted by atomic mass is 9.70. The standard InChI is InChI=1S/C42H60O15/c1-8-9-10-11-12-13-34(47)55-38-30-21-36(49)54-37(30)32-22-31(24(2)43)53-35(48)19-26(45)17-28-20-33(46)40(5,6)41(50,56-28)23-29-18-25(44)16-27(52-29)14-15-39(3,4)42(38,51-7)57-32/h10-15,21,24,26-29,31-33,37-38,43,45-46,50H,8-9,16-20,22-23H2,1-7H3/b11-10+,13-12+,15-14-/t24-,26-,27+,28+,29+,31-,32-,33+,37+,38+,41+,42-/m1/s1. The predicted molar refractivity (Wildman–Crippen MR) is 202 cm³/mol. The molecule has 15 heteroatoms. The highest BCUT2D eigenvalue weighted by atomic mass is 16.7. The lowest BCUT2D eigenvalue weighted by molar-refractivity contribution is -0.349. The van der Waals surface area contributed by atoms with Crippen LogP contribution in [-0.2, 0) is 52.3 Å². The first-order valence-electron chi connectivity index (χ1n) is 19.9. The monoisotopic (exact) mass is 804 g/mol. The predicted octanol–water partition coefficient (Wildman–Crippen LogP) is 3.20. The van der Waals surface area contributed by atoms with Crippen molar-refractivity contribution < 1.29 is 72.8 Å². The number of cyclic esters (lactones) is 1. The lowest BCUT2D eigenvalue weighted by Crippen LogP contribution is -2.66. The molecule has 3 saturated heterocycles. The van der Waals surface area contributed by atoms with E-state index in [0.29, 0.717) is 0 Å². The third-order valence-corrected chi connectivity index (χ3v) is 11.9. The average Bonchev–Trinajstić information content (AvgIpc) is 3.51. The zero-order valence-corrected chi connectivity index (χ0v) is 34.0. The summed E-state index contributed by atoms with van der Waals surface area (Å²) in [5, 5.41) is 45.1. The Morgan fingerprint density at radius 3 is 2.42 bits per heavy atom. The summed E-state index contributed by atoms with van der Waals surface area (Å²) >= 11 is 0. The van der Waals surface area contributed by atoms with Crippen LogP contribution in [0.3, 0.4) is 0 Å². The van der Waals surface area contributed by atoms with Crippen molar-refractivity contribution in [3.63, 3.8) is 0 Å². The molecule has 0 unspecified atom stereocenters. The van der Waals surface area contributed by atoms with Crippen LogP contribution in [0.15, 0.2) is 48.1 Å². The van der Waals surface area contributed by atoms with Crippen molar-refractivity contribution in [3.05, 3.63) is 48.1 Å². The van der Waals surface area contributed by atoms with E-state index in [0.717, 1.165) is 12.8 Å². The largest absolute Gasteiger partial charge is 0.459 e. The minimum atomic E-state index is -1.99. The molecule has 0 aliphatic carbocycles. The van der Waals surface area contributed by atoms with Crippen LogP contribution in [-0.4, -0.2) is 124 Å². The summed E-state index contributed by atoms with van der Waals surface area (Å²) in [5.41, 5.74) is -2.24. The van der Waals surface area contributed by atoms with Gasteiger partial charge in [0.25, 0.3) is 0 Å². The first kappa shape index (κ1) is 44.8. The third-order valence-electron chi connectivity index (χ3n) is 11.9. The summed E-state index contributed by atoms with van der Waals surface area (Å²) in [6, 6.07) is 0. The van der Waals surface area contributed by atoms with Crippen molar-refractivity contribution in [2.75, 3.05) is 7.11 Å². The molecular formula is C42H60O15. The van der Waals surface area contributed by atoms with Gasteiger partial charge < -0.3 is 53.6 Å². The molecule has 0 aromatic carbocycles. The molecule has 5 heterocycles. The lowest BCUT2D eigenvalue weighted by Gasteiger charge is -2.54. The Bertz CT molecular complexity index is 1610. The molecule has 0 amide bonds. The smallest absolute Gasteiger partial charge is 0.331 e. The molecule has 12 atom stereocenters. The van der Waals surface area contributed by atoms with Crippen LogP contribution < -0.4 is 0 Å². The molecule has 3 fully saturated rings. The Hall–Kier alpha value is -3.28. The van der Waals surface area contributed by atoms with E-state index in [9.17, 15) is 39.6 Å². The molecule has 15 nitrogen and oxygen atoms in total. The SMILES string of the molecule is CCC/C=C/C=C/C(=O)O[C@H]1C2=CC(=O)O[C@@H]2[C@H]2C[C@H]([C@@H](C)O)OC(=O)C[C@H](O)C[C@H]3C[C@H](O)C(C)(C)[C@](O)(C[C@@H]4CC(=O)C[C@H](/C=C\C(C)(C)[C@]1(OC)O2)O4)O3. The van der Waals surface area contributed by atoms with Gasteiger partial charge in [-0.05, 0) is 13.3 Å². The number of aliphatic hydroxyl groups excluding tert-OH is 3. The minimum Gasteiger partial charge on any atom is -0.459 e. The average molecular weight is 805 g/mol. The van der Waals surface area contributed by atoms with Gasteiger partial charge >= 0.3 is 17.9 Å². The highest BCUT2D eigenvalue weighted by Crippen LogP contribution is 2.51. The van der Waals surface area contributed by atoms with E-state index >= 15 is 0 Å². The van der Waals surface area contributed by atoms with Crippen molar-refractivity contribution in [2.24, 2.45) is 10.8 Å². The van der Waals surface area contributed by atoms with Crippen LogP contribution in [0, 0.1) is 10.8 Å². The second-order valence-corrected chi connectivity index (χ2v) is 17.0. The number of ether oxygens (including phenoxy) is 7. The molecule has 57 heavy (non-hydrogen) atoms. The molecule has 0 radical (unpaired) electrons. The van der Waals surface area contributed by atoms with Crippen LogP contribution >= 0.6 is 0 Å². The van der Waals surface area contributed by atoms with Gasteiger partial charge in [0.2, 0.25) is 5.79 Å². The zero-order chi connectivity index (χ0) is 41.9. The number of hydrogen-bond acceptors (Lipinski definition) is 15. The van der Waals surface area contributed by atoms with Crippen molar-refractivity contribution in [2.45, 2.75) is 172 Å². The maximum atomic E-state index is 13.4. The summed E-state index contributed by atoms with van der Waals surface area (Å²) in [7, 11) is 1.35. The van der Waals surface area contributed by atoms with E-state index in [1.54, 1.807) is 45.9 Å². The number of carbonyl (C=O) groups excluding carboxylic acids is 4. The molecule has 5 aliphatic rings. The number of fused-ring (bicyclic) bond motifs is 8. The van der Waals surface area contributed by atoms with Gasteiger partial charge in [0.1, 0.15) is 18.0 Å². The molecule has 0 aromatic rings. The number of hydrogen-bond donors (Lipinski definition) is 4. The normalized spacial score (nSPS) is 39.7. The second kappa shape index (κ2) is 17.9. The molecule has 318 valence electrons. The van der Waals surface area contributed by atoms with Gasteiger partial charge in [0.05, 0.1) is 43.0 Å².